The first-order valence-corrected chi connectivity index (χ1v) is 5.61. The summed E-state index contributed by atoms with van der Waals surface area (Å²) in [5, 5.41) is 8.94. The third kappa shape index (κ3) is 4.45. The Morgan fingerprint density at radius 1 is 1.00 bits per heavy atom. The highest BCUT2D eigenvalue weighted by atomic mass is 16.3. The van der Waals surface area contributed by atoms with Crippen molar-refractivity contribution in [2.24, 2.45) is 0 Å². The zero-order valence-electron chi connectivity index (χ0n) is 10.3. The van der Waals surface area contributed by atoms with E-state index in [9.17, 15) is 0 Å². The molecule has 0 radical (unpaired) electrons. The quantitative estimate of drug-likeness (QED) is 0.762. The number of aliphatic hydroxyl groups is 1. The summed E-state index contributed by atoms with van der Waals surface area (Å²) >= 11 is 0. The summed E-state index contributed by atoms with van der Waals surface area (Å²) in [6, 6.07) is 8.10. The van der Waals surface area contributed by atoms with Crippen molar-refractivity contribution < 1.29 is 5.11 Å². The molecule has 86 valence electrons. The van der Waals surface area contributed by atoms with E-state index < -0.39 is 0 Å². The van der Waals surface area contributed by atoms with Gasteiger partial charge in [-0.2, -0.15) is 0 Å². The van der Waals surface area contributed by atoms with Crippen molar-refractivity contribution >= 4 is 0 Å². The molecule has 1 rings (SSSR count). The molecule has 0 unspecified atom stereocenters. The van der Waals surface area contributed by atoms with E-state index in [2.05, 4.69) is 45.1 Å². The van der Waals surface area contributed by atoms with Crippen LogP contribution < -0.4 is 0 Å². The van der Waals surface area contributed by atoms with Gasteiger partial charge >= 0.3 is 0 Å². The zero-order chi connectivity index (χ0) is 12.0. The van der Waals surface area contributed by atoms with Gasteiger partial charge in [-0.3, -0.25) is 0 Å². The van der Waals surface area contributed by atoms with Gasteiger partial charge in [0.15, 0.2) is 0 Å². The molecule has 0 spiro atoms. The number of benzene rings is 1. The monoisotopic (exact) mass is 216 g/mol. The lowest BCUT2D eigenvalue weighted by molar-refractivity contribution is 0.282. The molecule has 0 fully saturated rings. The van der Waals surface area contributed by atoms with Gasteiger partial charge in [0.1, 0.15) is 0 Å². The molecule has 0 aromatic heterocycles. The summed E-state index contributed by atoms with van der Waals surface area (Å²) in [7, 11) is 0. The molecule has 0 atom stereocenters. The average Bonchev–Trinajstić information content (AvgIpc) is 2.27. The number of aliphatic hydroxyl groups excluding tert-OH is 1. The van der Waals surface area contributed by atoms with Crippen LogP contribution in [0.4, 0.5) is 0 Å². The number of rotatable bonds is 4. The van der Waals surface area contributed by atoms with E-state index in [4.69, 9.17) is 5.11 Å². The third-order valence-corrected chi connectivity index (χ3v) is 2.39. The van der Waals surface area contributed by atoms with Crippen molar-refractivity contribution in [1.29, 1.82) is 0 Å². The van der Waals surface area contributed by atoms with Crippen molar-refractivity contribution in [3.05, 3.63) is 58.7 Å². The van der Waals surface area contributed by atoms with Crippen molar-refractivity contribution in [2.75, 3.05) is 0 Å². The molecule has 0 saturated heterocycles. The Labute approximate surface area is 98.1 Å². The van der Waals surface area contributed by atoms with Gasteiger partial charge in [0.05, 0.1) is 6.61 Å². The highest BCUT2D eigenvalue weighted by molar-refractivity contribution is 5.27. The molecule has 1 nitrogen and oxygen atoms in total. The Morgan fingerprint density at radius 2 is 1.56 bits per heavy atom. The molecule has 0 amide bonds. The second-order valence-corrected chi connectivity index (χ2v) is 4.41. The van der Waals surface area contributed by atoms with E-state index in [1.165, 1.54) is 16.7 Å². The van der Waals surface area contributed by atoms with Gasteiger partial charge in [0, 0.05) is 0 Å². The number of allylic oxidation sites excluding steroid dienone is 4. The molecule has 0 saturated carbocycles. The fourth-order valence-electron chi connectivity index (χ4n) is 1.45. The van der Waals surface area contributed by atoms with Crippen LogP contribution in [0, 0.1) is 0 Å². The van der Waals surface area contributed by atoms with Crippen LogP contribution >= 0.6 is 0 Å². The lowest BCUT2D eigenvalue weighted by Gasteiger charge is -2.02. The van der Waals surface area contributed by atoms with Gasteiger partial charge in [-0.1, -0.05) is 47.6 Å². The first-order valence-electron chi connectivity index (χ1n) is 5.61. The summed E-state index contributed by atoms with van der Waals surface area (Å²) in [4.78, 5) is 0. The first kappa shape index (κ1) is 12.7. The van der Waals surface area contributed by atoms with Crippen LogP contribution in [0.5, 0.6) is 0 Å². The SMILES string of the molecule is CC(C)=C/C=C(\C)Cc1ccc(CO)cc1. The van der Waals surface area contributed by atoms with E-state index in [0.29, 0.717) is 0 Å². The Kier molecular flexibility index (Phi) is 5.00. The second-order valence-electron chi connectivity index (χ2n) is 4.41. The fraction of sp³-hybridized carbons (Fsp3) is 0.333. The van der Waals surface area contributed by atoms with E-state index in [-0.39, 0.29) is 6.61 Å². The topological polar surface area (TPSA) is 20.2 Å². The normalized spacial score (nSPS) is 11.4. The minimum Gasteiger partial charge on any atom is -0.392 e. The van der Waals surface area contributed by atoms with Crippen LogP contribution in [0.1, 0.15) is 31.9 Å². The van der Waals surface area contributed by atoms with Crippen LogP contribution in [-0.4, -0.2) is 5.11 Å². The molecular weight excluding hydrogens is 196 g/mol. The first-order chi connectivity index (χ1) is 7.61. The Bertz CT molecular complexity index is 378. The molecule has 1 aromatic carbocycles. The molecule has 16 heavy (non-hydrogen) atoms. The van der Waals surface area contributed by atoms with Gasteiger partial charge in [-0.15, -0.1) is 0 Å². The predicted octanol–water partition coefficient (Wildman–Crippen LogP) is 3.63. The summed E-state index contributed by atoms with van der Waals surface area (Å²) in [6.07, 6.45) is 5.27. The van der Waals surface area contributed by atoms with Crippen LogP contribution in [0.25, 0.3) is 0 Å². The molecule has 1 N–H and O–H groups in total. The Balaban J connectivity index is 2.66. The van der Waals surface area contributed by atoms with Crippen molar-refractivity contribution in [1.82, 2.24) is 0 Å². The molecule has 0 aliphatic carbocycles. The van der Waals surface area contributed by atoms with Crippen LogP contribution in [0.15, 0.2) is 47.6 Å². The highest BCUT2D eigenvalue weighted by Crippen LogP contribution is 2.10. The second kappa shape index (κ2) is 6.29. The predicted molar refractivity (Wildman–Crippen MR) is 69.3 cm³/mol. The zero-order valence-corrected chi connectivity index (χ0v) is 10.3. The van der Waals surface area contributed by atoms with Crippen molar-refractivity contribution in [3.8, 4) is 0 Å². The molecule has 0 heterocycles. The Hall–Kier alpha value is -1.34. The molecular formula is C15H20O. The van der Waals surface area contributed by atoms with Crippen LogP contribution in [0.3, 0.4) is 0 Å². The van der Waals surface area contributed by atoms with Gasteiger partial charge < -0.3 is 5.11 Å². The molecule has 1 aromatic rings. The molecule has 0 aliphatic heterocycles. The largest absolute Gasteiger partial charge is 0.392 e. The molecule has 0 aliphatic rings. The van der Waals surface area contributed by atoms with E-state index in [0.717, 1.165) is 12.0 Å². The maximum Gasteiger partial charge on any atom is 0.0681 e. The third-order valence-electron chi connectivity index (χ3n) is 2.39. The molecule has 0 bridgehead atoms. The summed E-state index contributed by atoms with van der Waals surface area (Å²) in [5.74, 6) is 0. The smallest absolute Gasteiger partial charge is 0.0681 e. The minimum absolute atomic E-state index is 0.118. The van der Waals surface area contributed by atoms with Crippen molar-refractivity contribution in [2.45, 2.75) is 33.8 Å². The summed E-state index contributed by atoms with van der Waals surface area (Å²) in [5.41, 5.74) is 4.91. The maximum absolute atomic E-state index is 8.94. The maximum atomic E-state index is 8.94. The van der Waals surface area contributed by atoms with E-state index in [1.54, 1.807) is 0 Å². The van der Waals surface area contributed by atoms with Gasteiger partial charge in [-0.05, 0) is 38.3 Å². The number of hydrogen-bond acceptors (Lipinski definition) is 1. The van der Waals surface area contributed by atoms with Crippen LogP contribution in [0.2, 0.25) is 0 Å². The van der Waals surface area contributed by atoms with Gasteiger partial charge in [0.25, 0.3) is 0 Å². The molecule has 1 heteroatoms. The summed E-state index contributed by atoms with van der Waals surface area (Å²) in [6.45, 7) is 6.45. The highest BCUT2D eigenvalue weighted by Gasteiger charge is 1.95. The standard InChI is InChI=1S/C15H20O/c1-12(2)4-5-13(3)10-14-6-8-15(11-16)9-7-14/h4-9,16H,10-11H2,1-3H3/b13-5+. The lowest BCUT2D eigenvalue weighted by Crippen LogP contribution is -1.88. The average molecular weight is 216 g/mol. The van der Waals surface area contributed by atoms with E-state index >= 15 is 0 Å². The van der Waals surface area contributed by atoms with Crippen molar-refractivity contribution in [3.63, 3.8) is 0 Å². The summed E-state index contributed by atoms with van der Waals surface area (Å²) < 4.78 is 0. The van der Waals surface area contributed by atoms with Gasteiger partial charge in [0.2, 0.25) is 0 Å². The fourth-order valence-corrected chi connectivity index (χ4v) is 1.45. The minimum atomic E-state index is 0.118. The number of hydrogen-bond donors (Lipinski definition) is 1. The van der Waals surface area contributed by atoms with E-state index in [1.807, 2.05) is 12.1 Å². The van der Waals surface area contributed by atoms with Crippen LogP contribution in [-0.2, 0) is 13.0 Å². The lowest BCUT2D eigenvalue weighted by atomic mass is 10.0. The Morgan fingerprint density at radius 3 is 2.06 bits per heavy atom. The van der Waals surface area contributed by atoms with Gasteiger partial charge in [-0.25, -0.2) is 0 Å².